The first-order valence-corrected chi connectivity index (χ1v) is 12.2. The summed E-state index contributed by atoms with van der Waals surface area (Å²) in [6.45, 7) is 1.44. The molecule has 5 heteroatoms. The number of aromatic nitrogens is 2. The number of carbonyl (C=O) groups is 1. The standard InChI is InChI=1S/C30H30N4O/c1-33(28-14-7-9-24-10-8-20-32-29(24)28)30(35)25-17-15-23(16-18-25)21-34(27-12-3-2-4-13-27)22-26-11-5-6-19-31-26/h2-6,8,10-13,15-20,28H,7,9,14,21-22H2,1H3. The van der Waals surface area contributed by atoms with Crippen molar-refractivity contribution in [1.29, 1.82) is 0 Å². The normalized spacial score (nSPS) is 14.7. The lowest BCUT2D eigenvalue weighted by molar-refractivity contribution is 0.0711. The van der Waals surface area contributed by atoms with E-state index < -0.39 is 0 Å². The van der Waals surface area contributed by atoms with Crippen LogP contribution in [0, 0.1) is 0 Å². The van der Waals surface area contributed by atoms with Crippen LogP contribution in [0.3, 0.4) is 0 Å². The van der Waals surface area contributed by atoms with E-state index in [1.54, 1.807) is 0 Å². The lowest BCUT2D eigenvalue weighted by Gasteiger charge is -2.32. The molecule has 0 fully saturated rings. The summed E-state index contributed by atoms with van der Waals surface area (Å²) in [7, 11) is 1.90. The van der Waals surface area contributed by atoms with Gasteiger partial charge in [-0.2, -0.15) is 0 Å². The molecule has 1 aliphatic carbocycles. The number of rotatable bonds is 7. The van der Waals surface area contributed by atoms with E-state index in [2.05, 4.69) is 57.3 Å². The minimum Gasteiger partial charge on any atom is -0.361 e. The average Bonchev–Trinajstić information content (AvgIpc) is 2.93. The number of amides is 1. The maximum atomic E-state index is 13.3. The Hall–Kier alpha value is -3.99. The Morgan fingerprint density at radius 2 is 1.63 bits per heavy atom. The van der Waals surface area contributed by atoms with E-state index in [4.69, 9.17) is 0 Å². The van der Waals surface area contributed by atoms with Crippen molar-refractivity contribution in [1.82, 2.24) is 14.9 Å². The highest BCUT2D eigenvalue weighted by atomic mass is 16.2. The predicted molar refractivity (Wildman–Crippen MR) is 139 cm³/mol. The minimum absolute atomic E-state index is 0.0269. The number of pyridine rings is 2. The van der Waals surface area contributed by atoms with Crippen LogP contribution in [-0.2, 0) is 19.5 Å². The highest BCUT2D eigenvalue weighted by molar-refractivity contribution is 5.94. The van der Waals surface area contributed by atoms with Crippen LogP contribution in [0.15, 0.2) is 97.3 Å². The lowest BCUT2D eigenvalue weighted by Crippen LogP contribution is -2.34. The molecule has 0 aliphatic heterocycles. The topological polar surface area (TPSA) is 49.3 Å². The Balaban J connectivity index is 1.32. The summed E-state index contributed by atoms with van der Waals surface area (Å²) in [5.41, 5.74) is 6.31. The molecule has 35 heavy (non-hydrogen) atoms. The summed E-state index contributed by atoms with van der Waals surface area (Å²) in [5.74, 6) is 0.0356. The first-order chi connectivity index (χ1) is 17.2. The fraction of sp³-hybridized carbons (Fsp3) is 0.233. The second-order valence-electron chi connectivity index (χ2n) is 9.08. The highest BCUT2D eigenvalue weighted by Gasteiger charge is 2.28. The molecule has 0 bridgehead atoms. The summed E-state index contributed by atoms with van der Waals surface area (Å²) < 4.78 is 0. The molecule has 1 amide bonds. The van der Waals surface area contributed by atoms with Crippen molar-refractivity contribution in [2.45, 2.75) is 38.4 Å². The van der Waals surface area contributed by atoms with Crippen molar-refractivity contribution in [3.8, 4) is 0 Å². The Kier molecular flexibility index (Phi) is 6.85. The van der Waals surface area contributed by atoms with Crippen LogP contribution in [-0.4, -0.2) is 27.8 Å². The van der Waals surface area contributed by atoms with Crippen molar-refractivity contribution < 1.29 is 4.79 Å². The van der Waals surface area contributed by atoms with Gasteiger partial charge in [0.25, 0.3) is 5.91 Å². The van der Waals surface area contributed by atoms with Crippen LogP contribution in [0.1, 0.15) is 51.8 Å². The molecule has 0 saturated carbocycles. The van der Waals surface area contributed by atoms with E-state index in [9.17, 15) is 4.79 Å². The fourth-order valence-corrected chi connectivity index (χ4v) is 4.84. The van der Waals surface area contributed by atoms with Gasteiger partial charge in [0.05, 0.1) is 24.0 Å². The molecular weight excluding hydrogens is 432 g/mol. The molecule has 176 valence electrons. The number of carbonyl (C=O) groups excluding carboxylic acids is 1. The number of hydrogen-bond donors (Lipinski definition) is 0. The number of hydrogen-bond acceptors (Lipinski definition) is 4. The van der Waals surface area contributed by atoms with Crippen molar-refractivity contribution in [2.24, 2.45) is 0 Å². The average molecular weight is 463 g/mol. The molecular formula is C30H30N4O. The number of aryl methyl sites for hydroxylation is 1. The first-order valence-electron chi connectivity index (χ1n) is 12.2. The van der Waals surface area contributed by atoms with Crippen LogP contribution in [0.4, 0.5) is 5.69 Å². The van der Waals surface area contributed by atoms with E-state index >= 15 is 0 Å². The molecule has 2 aromatic heterocycles. The Bertz CT molecular complexity index is 1260. The van der Waals surface area contributed by atoms with Crippen molar-refractivity contribution in [2.75, 3.05) is 11.9 Å². The molecule has 5 nitrogen and oxygen atoms in total. The predicted octanol–water partition coefficient (Wildman–Crippen LogP) is 5.83. The van der Waals surface area contributed by atoms with Gasteiger partial charge < -0.3 is 9.80 Å². The molecule has 0 N–H and O–H groups in total. The third kappa shape index (κ3) is 5.24. The third-order valence-corrected chi connectivity index (χ3v) is 6.73. The molecule has 2 heterocycles. The molecule has 1 atom stereocenters. The van der Waals surface area contributed by atoms with Gasteiger partial charge in [0.1, 0.15) is 0 Å². The number of anilines is 1. The number of para-hydroxylation sites is 1. The molecule has 5 rings (SSSR count). The highest BCUT2D eigenvalue weighted by Crippen LogP contribution is 2.32. The summed E-state index contributed by atoms with van der Waals surface area (Å²) in [6.07, 6.45) is 6.71. The number of fused-ring (bicyclic) bond motifs is 1. The van der Waals surface area contributed by atoms with Gasteiger partial charge in [-0.1, -0.05) is 42.5 Å². The molecule has 2 aromatic carbocycles. The summed E-state index contributed by atoms with van der Waals surface area (Å²) >= 11 is 0. The quantitative estimate of drug-likeness (QED) is 0.347. The zero-order chi connectivity index (χ0) is 24.0. The Morgan fingerprint density at radius 1 is 0.857 bits per heavy atom. The summed E-state index contributed by atoms with van der Waals surface area (Å²) in [6, 6.07) is 28.5. The number of benzene rings is 2. The smallest absolute Gasteiger partial charge is 0.254 e. The van der Waals surface area contributed by atoms with E-state index in [0.29, 0.717) is 12.1 Å². The van der Waals surface area contributed by atoms with Crippen LogP contribution in [0.5, 0.6) is 0 Å². The molecule has 0 radical (unpaired) electrons. The van der Waals surface area contributed by atoms with Gasteiger partial charge in [-0.05, 0) is 72.9 Å². The van der Waals surface area contributed by atoms with Crippen molar-refractivity contribution in [3.05, 3.63) is 125 Å². The third-order valence-electron chi connectivity index (χ3n) is 6.73. The Labute approximate surface area is 207 Å². The lowest BCUT2D eigenvalue weighted by atomic mass is 9.91. The van der Waals surface area contributed by atoms with Gasteiger partial charge in [0.2, 0.25) is 0 Å². The molecule has 4 aromatic rings. The van der Waals surface area contributed by atoms with Crippen LogP contribution in [0.2, 0.25) is 0 Å². The zero-order valence-corrected chi connectivity index (χ0v) is 20.0. The van der Waals surface area contributed by atoms with E-state index in [1.807, 2.05) is 66.8 Å². The van der Waals surface area contributed by atoms with Gasteiger partial charge in [0, 0.05) is 37.2 Å². The van der Waals surface area contributed by atoms with Crippen LogP contribution < -0.4 is 4.90 Å². The summed E-state index contributed by atoms with van der Waals surface area (Å²) in [4.78, 5) is 26.6. The van der Waals surface area contributed by atoms with Crippen LogP contribution >= 0.6 is 0 Å². The molecule has 0 spiro atoms. The second kappa shape index (κ2) is 10.5. The Morgan fingerprint density at radius 3 is 2.40 bits per heavy atom. The van der Waals surface area contributed by atoms with Crippen LogP contribution in [0.25, 0.3) is 0 Å². The largest absolute Gasteiger partial charge is 0.361 e. The number of nitrogens with zero attached hydrogens (tertiary/aromatic N) is 4. The van der Waals surface area contributed by atoms with E-state index in [1.165, 1.54) is 5.56 Å². The van der Waals surface area contributed by atoms with Gasteiger partial charge in [-0.15, -0.1) is 0 Å². The van der Waals surface area contributed by atoms with Gasteiger partial charge in [-0.25, -0.2) is 0 Å². The van der Waals surface area contributed by atoms with Gasteiger partial charge in [0.15, 0.2) is 0 Å². The van der Waals surface area contributed by atoms with Crippen molar-refractivity contribution >= 4 is 11.6 Å². The molecule has 1 unspecified atom stereocenters. The van der Waals surface area contributed by atoms with E-state index in [-0.39, 0.29) is 11.9 Å². The fourth-order valence-electron chi connectivity index (χ4n) is 4.84. The minimum atomic E-state index is 0.0269. The maximum Gasteiger partial charge on any atom is 0.254 e. The molecule has 0 saturated heterocycles. The van der Waals surface area contributed by atoms with Gasteiger partial charge >= 0.3 is 0 Å². The summed E-state index contributed by atoms with van der Waals surface area (Å²) in [5, 5.41) is 0. The first kappa shape index (κ1) is 22.8. The maximum absolute atomic E-state index is 13.3. The van der Waals surface area contributed by atoms with Gasteiger partial charge in [-0.3, -0.25) is 14.8 Å². The zero-order valence-electron chi connectivity index (χ0n) is 20.0. The molecule has 1 aliphatic rings. The SMILES string of the molecule is CN(C(=O)c1ccc(CN(Cc2ccccn2)c2ccccc2)cc1)C1CCCc2cccnc21. The van der Waals surface area contributed by atoms with E-state index in [0.717, 1.165) is 48.4 Å². The monoisotopic (exact) mass is 462 g/mol. The van der Waals surface area contributed by atoms with Crippen molar-refractivity contribution in [3.63, 3.8) is 0 Å². The second-order valence-corrected chi connectivity index (χ2v) is 9.08.